The van der Waals surface area contributed by atoms with Crippen LogP contribution in [0.2, 0.25) is 8.55 Å². The van der Waals surface area contributed by atoms with Crippen LogP contribution in [0.25, 0.3) is 0 Å². The van der Waals surface area contributed by atoms with E-state index in [0.717, 1.165) is 0 Å². The molecule has 0 amide bonds. The third-order valence-electron chi connectivity index (χ3n) is 2.81. The summed E-state index contributed by atoms with van der Waals surface area (Å²) in [7, 11) is 0. The summed E-state index contributed by atoms with van der Waals surface area (Å²) in [6.45, 7) is 13.0. The molecule has 0 saturated heterocycles. The van der Waals surface area contributed by atoms with Crippen molar-refractivity contribution in [2.45, 2.75) is 50.1 Å². The summed E-state index contributed by atoms with van der Waals surface area (Å²) in [5.74, 6) is -0.183. The largest absolute Gasteiger partial charge is 0.612 e. The second kappa shape index (κ2) is 5.47. The number of rotatable bonds is 2. The SMILES string of the molecule is C[C](C)(C)[Al]([O]C(=O)c1ccccc1)[C](C)(C)C. The van der Waals surface area contributed by atoms with E-state index in [-0.39, 0.29) is 14.5 Å². The van der Waals surface area contributed by atoms with Crippen LogP contribution in [0.4, 0.5) is 0 Å². The fourth-order valence-electron chi connectivity index (χ4n) is 2.40. The van der Waals surface area contributed by atoms with Gasteiger partial charge in [0.15, 0.2) is 0 Å². The number of hydrogen-bond acceptors (Lipinski definition) is 2. The lowest BCUT2D eigenvalue weighted by molar-refractivity contribution is 0.0713. The Balaban J connectivity index is 2.90. The molecule has 1 rings (SSSR count). The van der Waals surface area contributed by atoms with Crippen LogP contribution in [-0.2, 0) is 3.79 Å². The molecule has 0 saturated carbocycles. The second-order valence-corrected chi connectivity index (χ2v) is 11.3. The first-order chi connectivity index (χ1) is 8.12. The van der Waals surface area contributed by atoms with Crippen molar-refractivity contribution in [2.75, 3.05) is 0 Å². The minimum absolute atomic E-state index is 0.0582. The molecule has 0 heterocycles. The van der Waals surface area contributed by atoms with Crippen LogP contribution in [0, 0.1) is 0 Å². The summed E-state index contributed by atoms with van der Waals surface area (Å²) >= 11 is -1.69. The van der Waals surface area contributed by atoms with E-state index < -0.39 is 14.5 Å². The van der Waals surface area contributed by atoms with E-state index in [2.05, 4.69) is 41.5 Å². The maximum absolute atomic E-state index is 12.2. The van der Waals surface area contributed by atoms with Crippen LogP contribution >= 0.6 is 0 Å². The lowest BCUT2D eigenvalue weighted by Gasteiger charge is -2.34. The summed E-state index contributed by atoms with van der Waals surface area (Å²) in [5, 5.41) is 0. The van der Waals surface area contributed by atoms with Crippen molar-refractivity contribution >= 4 is 20.5 Å². The Kier molecular flexibility index (Phi) is 4.64. The first-order valence-electron chi connectivity index (χ1n) is 6.38. The first-order valence-corrected chi connectivity index (χ1v) is 8.01. The zero-order valence-electron chi connectivity index (χ0n) is 12.3. The van der Waals surface area contributed by atoms with Gasteiger partial charge < -0.3 is 3.79 Å². The highest BCUT2D eigenvalue weighted by Gasteiger charge is 2.48. The zero-order chi connectivity index (χ0) is 14.0. The summed E-state index contributed by atoms with van der Waals surface area (Å²) in [6.07, 6.45) is 0. The van der Waals surface area contributed by atoms with Gasteiger partial charge in [-0.05, 0) is 20.7 Å². The van der Waals surface area contributed by atoms with E-state index in [1.54, 1.807) is 12.1 Å². The molecule has 0 aliphatic carbocycles. The van der Waals surface area contributed by atoms with Crippen molar-refractivity contribution in [3.05, 3.63) is 35.9 Å². The Morgan fingerprint density at radius 2 is 1.39 bits per heavy atom. The van der Waals surface area contributed by atoms with Crippen LogP contribution in [0.3, 0.4) is 0 Å². The number of carbonyl (C=O) groups is 1. The molecule has 18 heavy (non-hydrogen) atoms. The summed E-state index contributed by atoms with van der Waals surface area (Å²) in [6, 6.07) is 9.24. The molecule has 1 aromatic rings. The number of hydrogen-bond donors (Lipinski definition) is 0. The molecule has 0 radical (unpaired) electrons. The molecule has 0 bridgehead atoms. The van der Waals surface area contributed by atoms with Crippen molar-refractivity contribution in [1.29, 1.82) is 0 Å². The highest BCUT2D eigenvalue weighted by molar-refractivity contribution is 6.60. The van der Waals surface area contributed by atoms with E-state index in [1.807, 2.05) is 18.2 Å². The van der Waals surface area contributed by atoms with Gasteiger partial charge >= 0.3 is 20.5 Å². The minimum Gasteiger partial charge on any atom is -0.612 e. The molecule has 0 atom stereocenters. The number of benzene rings is 1. The Bertz CT molecular complexity index is 385. The average molecular weight is 262 g/mol. The molecule has 0 unspecified atom stereocenters. The van der Waals surface area contributed by atoms with E-state index in [9.17, 15) is 4.79 Å². The van der Waals surface area contributed by atoms with Crippen molar-refractivity contribution < 1.29 is 8.58 Å². The maximum atomic E-state index is 12.2. The number of carbonyl (C=O) groups excluding carboxylic acids is 1. The molecular weight excluding hydrogens is 239 g/mol. The standard InChI is InChI=1S/C7H6O2.2C4H9.Al/c8-7(9)6-4-2-1-3-5-6;2*1-4(2)3;/h1-5H,(H,8,9);2*1-3H3;/q;;;+1/p-1. The fraction of sp³-hybridized carbons (Fsp3) is 0.533. The molecular formula is C15H23AlO2. The van der Waals surface area contributed by atoms with Crippen molar-refractivity contribution in [1.82, 2.24) is 0 Å². The lowest BCUT2D eigenvalue weighted by Crippen LogP contribution is -2.40. The quantitative estimate of drug-likeness (QED) is 0.737. The summed E-state index contributed by atoms with van der Waals surface area (Å²) in [5.41, 5.74) is 0.642. The molecule has 0 aromatic heterocycles. The molecule has 0 aliphatic heterocycles. The molecule has 0 spiro atoms. The van der Waals surface area contributed by atoms with Gasteiger partial charge in [-0.15, -0.1) is 0 Å². The van der Waals surface area contributed by atoms with Crippen molar-refractivity contribution in [3.63, 3.8) is 0 Å². The Labute approximate surface area is 115 Å². The average Bonchev–Trinajstić information content (AvgIpc) is 2.23. The third-order valence-corrected chi connectivity index (χ3v) is 6.40. The van der Waals surface area contributed by atoms with Gasteiger partial charge in [0.05, 0.1) is 5.56 Å². The fourth-order valence-corrected chi connectivity index (χ4v) is 6.06. The van der Waals surface area contributed by atoms with E-state index in [1.165, 1.54) is 0 Å². The van der Waals surface area contributed by atoms with Crippen molar-refractivity contribution in [3.8, 4) is 0 Å². The monoisotopic (exact) mass is 262 g/mol. The highest BCUT2D eigenvalue weighted by atomic mass is 27.2. The molecule has 98 valence electrons. The lowest BCUT2D eigenvalue weighted by atomic mass is 10.2. The van der Waals surface area contributed by atoms with Gasteiger partial charge in [0, 0.05) is 0 Å². The van der Waals surface area contributed by atoms with Gasteiger partial charge in [-0.1, -0.05) is 59.7 Å². The smallest absolute Gasteiger partial charge is 0.560 e. The summed E-state index contributed by atoms with van der Waals surface area (Å²) in [4.78, 5) is 12.2. The normalized spacial score (nSPS) is 12.1. The van der Waals surface area contributed by atoms with Gasteiger partial charge in [-0.25, -0.2) is 4.79 Å². The second-order valence-electron chi connectivity index (χ2n) is 6.88. The molecule has 0 aliphatic rings. The van der Waals surface area contributed by atoms with Gasteiger partial charge in [0.2, 0.25) is 0 Å². The van der Waals surface area contributed by atoms with E-state index in [0.29, 0.717) is 5.56 Å². The molecule has 0 fully saturated rings. The minimum atomic E-state index is -1.69. The molecule has 0 N–H and O–H groups in total. The predicted octanol–water partition coefficient (Wildman–Crippen LogP) is 4.44. The van der Waals surface area contributed by atoms with Gasteiger partial charge in [-0.2, -0.15) is 0 Å². The van der Waals surface area contributed by atoms with Crippen LogP contribution in [0.5, 0.6) is 0 Å². The van der Waals surface area contributed by atoms with Crippen molar-refractivity contribution in [2.24, 2.45) is 0 Å². The first kappa shape index (κ1) is 15.3. The topological polar surface area (TPSA) is 26.3 Å². The summed E-state index contributed by atoms with van der Waals surface area (Å²) < 4.78 is 5.98. The van der Waals surface area contributed by atoms with Crippen LogP contribution in [0.1, 0.15) is 51.9 Å². The van der Waals surface area contributed by atoms with Gasteiger partial charge in [0.25, 0.3) is 0 Å². The van der Waals surface area contributed by atoms with Gasteiger partial charge in [-0.3, -0.25) is 0 Å². The Morgan fingerprint density at radius 3 is 1.78 bits per heavy atom. The van der Waals surface area contributed by atoms with Crippen LogP contribution in [-0.4, -0.2) is 20.5 Å². The predicted molar refractivity (Wildman–Crippen MR) is 77.0 cm³/mol. The zero-order valence-corrected chi connectivity index (χ0v) is 13.4. The van der Waals surface area contributed by atoms with E-state index in [4.69, 9.17) is 3.79 Å². The molecule has 2 nitrogen and oxygen atoms in total. The Morgan fingerprint density at radius 1 is 0.944 bits per heavy atom. The maximum Gasteiger partial charge on any atom is 0.560 e. The van der Waals surface area contributed by atoms with Gasteiger partial charge in [0.1, 0.15) is 0 Å². The third kappa shape index (κ3) is 4.16. The molecule has 1 aromatic carbocycles. The molecule has 3 heteroatoms. The van der Waals surface area contributed by atoms with Crippen LogP contribution in [0.15, 0.2) is 30.3 Å². The Hall–Kier alpha value is -0.778. The van der Waals surface area contributed by atoms with Crippen LogP contribution < -0.4 is 0 Å². The highest BCUT2D eigenvalue weighted by Crippen LogP contribution is 2.42. The van der Waals surface area contributed by atoms with E-state index >= 15 is 0 Å².